The predicted octanol–water partition coefficient (Wildman–Crippen LogP) is 2.25. The number of carbonyl (C=O) groups is 2. The van der Waals surface area contributed by atoms with Crippen LogP contribution in [0.5, 0.6) is 17.2 Å². The summed E-state index contributed by atoms with van der Waals surface area (Å²) in [5.41, 5.74) is -3.12. The van der Waals surface area contributed by atoms with E-state index in [4.69, 9.17) is 37.4 Å². The Labute approximate surface area is 259 Å². The molecule has 4 atom stereocenters. The number of fused-ring (bicyclic) bond motifs is 2. The molecule has 230 valence electrons. The minimum atomic E-state index is -2.10. The van der Waals surface area contributed by atoms with Crippen molar-refractivity contribution in [2.75, 3.05) is 19.5 Å². The quantitative estimate of drug-likeness (QED) is 0.283. The lowest BCUT2D eigenvalue weighted by molar-refractivity contribution is -0.991. The van der Waals surface area contributed by atoms with Crippen LogP contribution in [0.25, 0.3) is 0 Å². The lowest BCUT2D eigenvalue weighted by Crippen LogP contribution is -2.99. The standard InChI is InChI=1S/C29H26Cl2N4O9/c1-11-8-14-19(24(36)29(11)25(37)20-16(42-4)10-17(43-5)22(31)23(20)44-29)18(12-6-7-13(30)15(9-12)35(40)41)21-26(32-14)33(2)28(39)34(3)27(21)38/h6-7,9-11,18,32,35,40H,8H2,1-5H3. The maximum Gasteiger partial charge on any atom is 0.332 e. The molecule has 6 rings (SSSR count). The zero-order valence-electron chi connectivity index (χ0n) is 24.0. The maximum absolute atomic E-state index is 14.9. The molecule has 1 aliphatic carbocycles. The summed E-state index contributed by atoms with van der Waals surface area (Å²) in [6, 6.07) is 5.55. The van der Waals surface area contributed by atoms with Gasteiger partial charge >= 0.3 is 5.69 Å². The Kier molecular flexibility index (Phi) is 6.94. The van der Waals surface area contributed by atoms with Crippen molar-refractivity contribution in [2.45, 2.75) is 24.9 Å². The summed E-state index contributed by atoms with van der Waals surface area (Å²) in [6.07, 6.45) is 0.0799. The van der Waals surface area contributed by atoms with Gasteiger partial charge in [0, 0.05) is 49.3 Å². The summed E-state index contributed by atoms with van der Waals surface area (Å²) < 4.78 is 19.2. The van der Waals surface area contributed by atoms with Crippen molar-refractivity contribution < 1.29 is 34.2 Å². The number of hydrogen-bond acceptors (Lipinski definition) is 10. The number of nitrogens with zero attached hydrogens (tertiary/aromatic N) is 2. The second-order valence-electron chi connectivity index (χ2n) is 10.9. The molecule has 1 aromatic heterocycles. The van der Waals surface area contributed by atoms with E-state index in [0.717, 1.165) is 4.57 Å². The Morgan fingerprint density at radius 2 is 1.75 bits per heavy atom. The van der Waals surface area contributed by atoms with E-state index < -0.39 is 45.5 Å². The van der Waals surface area contributed by atoms with Crippen LogP contribution in [0.15, 0.2) is 45.1 Å². The third kappa shape index (κ3) is 3.83. The number of anilines is 1. The van der Waals surface area contributed by atoms with Gasteiger partial charge in [-0.2, -0.15) is 5.23 Å². The Balaban J connectivity index is 1.63. The van der Waals surface area contributed by atoms with Gasteiger partial charge in [-0.3, -0.25) is 23.5 Å². The zero-order chi connectivity index (χ0) is 32.0. The Hall–Kier alpha value is -4.14. The Morgan fingerprint density at radius 1 is 1.07 bits per heavy atom. The molecule has 1 spiro atoms. The van der Waals surface area contributed by atoms with Crippen molar-refractivity contribution in [1.82, 2.24) is 9.13 Å². The van der Waals surface area contributed by atoms with Crippen LogP contribution < -0.4 is 36.0 Å². The van der Waals surface area contributed by atoms with Crippen LogP contribution in [0.2, 0.25) is 10.0 Å². The normalized spacial score (nSPS) is 22.7. The molecule has 13 nitrogen and oxygen atoms in total. The van der Waals surface area contributed by atoms with Gasteiger partial charge in [-0.1, -0.05) is 36.2 Å². The largest absolute Gasteiger partial charge is 0.595 e. The molecule has 3 aliphatic rings. The molecule has 15 heteroatoms. The maximum atomic E-state index is 14.9. The summed E-state index contributed by atoms with van der Waals surface area (Å²) in [5.74, 6) is -3.07. The van der Waals surface area contributed by atoms with Crippen LogP contribution in [0.1, 0.15) is 40.7 Å². The Bertz CT molecular complexity index is 1970. The molecule has 3 aromatic rings. The van der Waals surface area contributed by atoms with Crippen molar-refractivity contribution in [3.8, 4) is 17.2 Å². The van der Waals surface area contributed by atoms with Crippen molar-refractivity contribution >= 4 is 46.3 Å². The SMILES string of the molecule is COc1cc(OC)c2c(c1Cl)OC1(C(=O)C3=C(CC1C)Nc1c(c(=O)n(C)c(=O)n1C)C3c1ccc(Cl)c([NH+]([O-])O)c1)C2=O. The number of halogens is 2. The fourth-order valence-corrected chi connectivity index (χ4v) is 6.87. The molecule has 4 unspecified atom stereocenters. The second kappa shape index (κ2) is 10.2. The minimum Gasteiger partial charge on any atom is -0.595 e. The Morgan fingerprint density at radius 3 is 2.39 bits per heavy atom. The number of rotatable bonds is 4. The third-order valence-corrected chi connectivity index (χ3v) is 9.32. The smallest absolute Gasteiger partial charge is 0.332 e. The molecular weight excluding hydrogens is 619 g/mol. The number of nitrogens with one attached hydrogen (secondary N) is 2. The molecule has 0 radical (unpaired) electrons. The van der Waals surface area contributed by atoms with Gasteiger partial charge in [0.2, 0.25) is 17.2 Å². The second-order valence-corrected chi connectivity index (χ2v) is 11.6. The van der Waals surface area contributed by atoms with Crippen LogP contribution in [-0.2, 0) is 18.9 Å². The van der Waals surface area contributed by atoms with Crippen LogP contribution >= 0.6 is 23.2 Å². The molecule has 0 fully saturated rings. The average Bonchev–Trinajstić information content (AvgIpc) is 3.31. The van der Waals surface area contributed by atoms with Crippen molar-refractivity contribution in [3.05, 3.63) is 88.3 Å². The van der Waals surface area contributed by atoms with Crippen LogP contribution in [-0.4, -0.2) is 45.7 Å². The highest BCUT2D eigenvalue weighted by Crippen LogP contribution is 2.56. The number of ketones is 2. The molecule has 3 N–H and O–H groups in total. The summed E-state index contributed by atoms with van der Waals surface area (Å²) in [7, 11) is 5.50. The molecule has 0 saturated carbocycles. The van der Waals surface area contributed by atoms with Crippen molar-refractivity contribution in [3.63, 3.8) is 0 Å². The lowest BCUT2D eigenvalue weighted by Gasteiger charge is -2.42. The van der Waals surface area contributed by atoms with E-state index in [-0.39, 0.29) is 67.5 Å². The number of Topliss-reactive ketones (excluding diaryl/α,β-unsaturated/α-hetero) is 2. The zero-order valence-corrected chi connectivity index (χ0v) is 25.5. The highest BCUT2D eigenvalue weighted by atomic mass is 35.5. The van der Waals surface area contributed by atoms with E-state index in [9.17, 15) is 29.6 Å². The van der Waals surface area contributed by atoms with E-state index in [0.29, 0.717) is 5.70 Å². The van der Waals surface area contributed by atoms with Crippen molar-refractivity contribution in [1.29, 1.82) is 0 Å². The first kappa shape index (κ1) is 29.9. The van der Waals surface area contributed by atoms with Gasteiger partial charge in [0.1, 0.15) is 32.9 Å². The number of allylic oxidation sites excluding steroid dienone is 1. The number of carbonyl (C=O) groups excluding carboxylic acids is 2. The number of methoxy groups -OCH3 is 2. The molecule has 0 saturated heterocycles. The van der Waals surface area contributed by atoms with Crippen molar-refractivity contribution in [2.24, 2.45) is 20.0 Å². The summed E-state index contributed by atoms with van der Waals surface area (Å²) in [4.78, 5) is 55.9. The first-order valence-electron chi connectivity index (χ1n) is 13.4. The molecule has 0 bridgehead atoms. The fraction of sp³-hybridized carbons (Fsp3) is 0.310. The van der Waals surface area contributed by atoms with E-state index in [1.807, 2.05) is 0 Å². The molecule has 44 heavy (non-hydrogen) atoms. The lowest BCUT2D eigenvalue weighted by atomic mass is 9.66. The third-order valence-electron chi connectivity index (χ3n) is 8.63. The van der Waals surface area contributed by atoms with Gasteiger partial charge in [-0.25, -0.2) is 10.0 Å². The first-order valence-corrected chi connectivity index (χ1v) is 14.1. The summed E-state index contributed by atoms with van der Waals surface area (Å²) in [5, 5.41) is 23.6. The number of benzene rings is 2. The van der Waals surface area contributed by atoms with Gasteiger partial charge < -0.3 is 24.7 Å². The van der Waals surface area contributed by atoms with E-state index in [1.165, 1.54) is 57.1 Å². The topological polar surface area (TPSA) is 166 Å². The van der Waals surface area contributed by atoms with Gasteiger partial charge in [0.05, 0.1) is 19.8 Å². The van der Waals surface area contributed by atoms with E-state index in [2.05, 4.69) is 5.32 Å². The number of aromatic nitrogens is 2. The monoisotopic (exact) mass is 644 g/mol. The van der Waals surface area contributed by atoms with Gasteiger partial charge in [-0.15, -0.1) is 0 Å². The van der Waals surface area contributed by atoms with Crippen LogP contribution in [0.3, 0.4) is 0 Å². The van der Waals surface area contributed by atoms with E-state index >= 15 is 0 Å². The first-order chi connectivity index (χ1) is 20.8. The van der Waals surface area contributed by atoms with Gasteiger partial charge in [0.25, 0.3) is 5.56 Å². The highest BCUT2D eigenvalue weighted by molar-refractivity contribution is 6.36. The van der Waals surface area contributed by atoms with Gasteiger partial charge in [-0.05, 0) is 18.1 Å². The highest BCUT2D eigenvalue weighted by Gasteiger charge is 2.63. The predicted molar refractivity (Wildman–Crippen MR) is 158 cm³/mol. The number of ether oxygens (including phenoxy) is 3. The average molecular weight is 645 g/mol. The number of quaternary nitrogens is 1. The molecule has 2 aromatic carbocycles. The molecule has 2 aliphatic heterocycles. The summed E-state index contributed by atoms with van der Waals surface area (Å²) >= 11 is 12.7. The van der Waals surface area contributed by atoms with Crippen LogP contribution in [0.4, 0.5) is 11.5 Å². The van der Waals surface area contributed by atoms with Gasteiger partial charge in [0.15, 0.2) is 11.4 Å². The van der Waals surface area contributed by atoms with Crippen LogP contribution in [0, 0.1) is 11.1 Å². The number of hydrogen-bond donors (Lipinski definition) is 3. The molecule has 0 amide bonds. The van der Waals surface area contributed by atoms with E-state index in [1.54, 1.807) is 6.92 Å². The minimum absolute atomic E-state index is 0.00491. The molecular formula is C29H26Cl2N4O9. The molecule has 3 heterocycles. The fourth-order valence-electron chi connectivity index (χ4n) is 6.41. The summed E-state index contributed by atoms with van der Waals surface area (Å²) in [6.45, 7) is 1.67.